The van der Waals surface area contributed by atoms with Crippen molar-refractivity contribution in [2.75, 3.05) is 6.61 Å². The van der Waals surface area contributed by atoms with Crippen molar-refractivity contribution < 1.29 is 19.1 Å². The van der Waals surface area contributed by atoms with Crippen LogP contribution in [-0.4, -0.2) is 24.2 Å². The van der Waals surface area contributed by atoms with Crippen LogP contribution in [0.25, 0.3) is 0 Å². The summed E-state index contributed by atoms with van der Waals surface area (Å²) in [5.74, 6) is -0.205. The van der Waals surface area contributed by atoms with Gasteiger partial charge in [-0.15, -0.1) is 11.3 Å². The van der Waals surface area contributed by atoms with Gasteiger partial charge in [-0.1, -0.05) is 32.3 Å². The summed E-state index contributed by atoms with van der Waals surface area (Å²) in [7, 11) is 0. The average molecular weight is 403 g/mol. The number of hydrogen-bond donors (Lipinski definition) is 2. The van der Waals surface area contributed by atoms with Crippen molar-refractivity contribution in [3.05, 3.63) is 52.2 Å². The SMILES string of the molecule is CCCCCCOc1ccc(C(=O)NNC(=O)CCC(=O)c2cccs2)cc1. The minimum absolute atomic E-state index is 0.0157. The fourth-order valence-corrected chi connectivity index (χ4v) is 3.16. The van der Waals surface area contributed by atoms with Crippen molar-refractivity contribution in [2.24, 2.45) is 0 Å². The van der Waals surface area contributed by atoms with Crippen molar-refractivity contribution in [2.45, 2.75) is 45.4 Å². The topological polar surface area (TPSA) is 84.5 Å². The molecule has 7 heteroatoms. The van der Waals surface area contributed by atoms with Crippen LogP contribution in [0.5, 0.6) is 5.75 Å². The van der Waals surface area contributed by atoms with E-state index < -0.39 is 11.8 Å². The Hall–Kier alpha value is -2.67. The van der Waals surface area contributed by atoms with E-state index in [9.17, 15) is 14.4 Å². The molecule has 0 aliphatic carbocycles. The lowest BCUT2D eigenvalue weighted by Crippen LogP contribution is -2.41. The molecule has 0 spiro atoms. The number of benzene rings is 1. The Balaban J connectivity index is 1.67. The third-order valence-corrected chi connectivity index (χ3v) is 4.98. The summed E-state index contributed by atoms with van der Waals surface area (Å²) in [4.78, 5) is 36.4. The molecule has 1 aromatic heterocycles. The van der Waals surface area contributed by atoms with E-state index in [1.54, 1.807) is 36.4 Å². The second kappa shape index (κ2) is 11.9. The summed E-state index contributed by atoms with van der Waals surface area (Å²) >= 11 is 1.35. The largest absolute Gasteiger partial charge is 0.494 e. The van der Waals surface area contributed by atoms with Gasteiger partial charge in [-0.25, -0.2) is 0 Å². The van der Waals surface area contributed by atoms with Crippen molar-refractivity contribution in [1.82, 2.24) is 10.9 Å². The van der Waals surface area contributed by atoms with Crippen LogP contribution in [0.15, 0.2) is 41.8 Å². The highest BCUT2D eigenvalue weighted by Gasteiger charge is 2.11. The zero-order valence-corrected chi connectivity index (χ0v) is 16.8. The molecule has 150 valence electrons. The van der Waals surface area contributed by atoms with Gasteiger partial charge in [0.25, 0.3) is 5.91 Å². The molecule has 2 rings (SSSR count). The van der Waals surface area contributed by atoms with Crippen molar-refractivity contribution in [3.8, 4) is 5.75 Å². The maximum Gasteiger partial charge on any atom is 0.269 e. The van der Waals surface area contributed by atoms with E-state index >= 15 is 0 Å². The van der Waals surface area contributed by atoms with E-state index in [2.05, 4.69) is 17.8 Å². The summed E-state index contributed by atoms with van der Waals surface area (Å²) in [5.41, 5.74) is 5.10. The first kappa shape index (κ1) is 21.6. The molecular formula is C21H26N2O4S. The number of carbonyl (C=O) groups excluding carboxylic acids is 3. The number of amides is 2. The van der Waals surface area contributed by atoms with Crippen LogP contribution in [0.2, 0.25) is 0 Å². The van der Waals surface area contributed by atoms with Gasteiger partial charge in [0.05, 0.1) is 11.5 Å². The molecule has 0 aliphatic heterocycles. The summed E-state index contributed by atoms with van der Waals surface area (Å²) in [6.07, 6.45) is 4.67. The predicted octanol–water partition coefficient (Wildman–Crippen LogP) is 4.13. The van der Waals surface area contributed by atoms with Crippen LogP contribution in [0.4, 0.5) is 0 Å². The standard InChI is InChI=1S/C21H26N2O4S/c1-2-3-4-5-14-27-17-10-8-16(9-11-17)21(26)23-22-20(25)13-12-18(24)19-7-6-15-28-19/h6-11,15H,2-5,12-14H2,1H3,(H,22,25)(H,23,26). The van der Waals surface area contributed by atoms with Gasteiger partial charge in [-0.2, -0.15) is 0 Å². The van der Waals surface area contributed by atoms with Gasteiger partial charge < -0.3 is 4.74 Å². The molecule has 6 nitrogen and oxygen atoms in total. The molecule has 2 N–H and O–H groups in total. The summed E-state index contributed by atoms with van der Waals surface area (Å²) in [5, 5.41) is 1.82. The van der Waals surface area contributed by atoms with E-state index in [4.69, 9.17) is 4.74 Å². The quantitative estimate of drug-likeness (QED) is 0.336. The predicted molar refractivity (Wildman–Crippen MR) is 110 cm³/mol. The second-order valence-corrected chi connectivity index (χ2v) is 7.28. The average Bonchev–Trinajstić information content (AvgIpc) is 3.25. The van der Waals surface area contributed by atoms with Gasteiger partial charge in [-0.3, -0.25) is 25.2 Å². The number of hydrazine groups is 1. The molecule has 0 radical (unpaired) electrons. The minimum atomic E-state index is -0.424. The second-order valence-electron chi connectivity index (χ2n) is 6.34. The van der Waals surface area contributed by atoms with Gasteiger partial charge in [-0.05, 0) is 42.1 Å². The van der Waals surface area contributed by atoms with E-state index in [0.717, 1.165) is 12.8 Å². The number of ketones is 1. The van der Waals surface area contributed by atoms with Crippen LogP contribution in [0.3, 0.4) is 0 Å². The van der Waals surface area contributed by atoms with Gasteiger partial charge >= 0.3 is 0 Å². The van der Waals surface area contributed by atoms with Crippen LogP contribution in [0.1, 0.15) is 65.5 Å². The first-order valence-electron chi connectivity index (χ1n) is 9.49. The molecule has 2 aromatic rings. The van der Waals surface area contributed by atoms with Crippen LogP contribution >= 0.6 is 11.3 Å². The molecule has 0 saturated heterocycles. The monoisotopic (exact) mass is 402 g/mol. The number of rotatable bonds is 11. The zero-order valence-electron chi connectivity index (χ0n) is 16.0. The smallest absolute Gasteiger partial charge is 0.269 e. The zero-order chi connectivity index (χ0) is 20.2. The van der Waals surface area contributed by atoms with E-state index in [1.165, 1.54) is 24.2 Å². The molecular weight excluding hydrogens is 376 g/mol. The minimum Gasteiger partial charge on any atom is -0.494 e. The summed E-state index contributed by atoms with van der Waals surface area (Å²) in [6, 6.07) is 10.3. The van der Waals surface area contributed by atoms with Crippen molar-refractivity contribution in [3.63, 3.8) is 0 Å². The Kier molecular flexibility index (Phi) is 9.21. The molecule has 0 saturated carbocycles. The molecule has 1 heterocycles. The van der Waals surface area contributed by atoms with E-state index in [0.29, 0.717) is 22.8 Å². The molecule has 1 aromatic carbocycles. The number of hydrogen-bond acceptors (Lipinski definition) is 5. The Morgan fingerprint density at radius 3 is 2.43 bits per heavy atom. The fourth-order valence-electron chi connectivity index (χ4n) is 2.47. The van der Waals surface area contributed by atoms with Gasteiger partial charge in [0.15, 0.2) is 5.78 Å². The van der Waals surface area contributed by atoms with Gasteiger partial charge in [0, 0.05) is 18.4 Å². The lowest BCUT2D eigenvalue weighted by Gasteiger charge is -2.09. The maximum atomic E-state index is 12.1. The van der Waals surface area contributed by atoms with E-state index in [-0.39, 0.29) is 18.6 Å². The molecule has 2 amide bonds. The molecule has 0 bridgehead atoms. The third-order valence-electron chi connectivity index (χ3n) is 4.07. The van der Waals surface area contributed by atoms with E-state index in [1.807, 2.05) is 5.38 Å². The molecule has 0 aliphatic rings. The Labute approximate surface area is 169 Å². The first-order chi connectivity index (χ1) is 13.6. The number of carbonyl (C=O) groups is 3. The lowest BCUT2D eigenvalue weighted by atomic mass is 10.2. The molecule has 0 atom stereocenters. The lowest BCUT2D eigenvalue weighted by molar-refractivity contribution is -0.121. The first-order valence-corrected chi connectivity index (χ1v) is 10.4. The molecule has 0 fully saturated rings. The Bertz CT molecular complexity index is 757. The number of Topliss-reactive ketones (excluding diaryl/α,β-unsaturated/α-hetero) is 1. The van der Waals surface area contributed by atoms with Crippen LogP contribution in [-0.2, 0) is 4.79 Å². The number of unbranched alkanes of at least 4 members (excludes halogenated alkanes) is 3. The summed E-state index contributed by atoms with van der Waals surface area (Å²) < 4.78 is 5.64. The number of thiophene rings is 1. The molecule has 28 heavy (non-hydrogen) atoms. The number of nitrogens with one attached hydrogen (secondary N) is 2. The normalized spacial score (nSPS) is 10.3. The summed E-state index contributed by atoms with van der Waals surface area (Å²) in [6.45, 7) is 2.82. The maximum absolute atomic E-state index is 12.1. The Morgan fingerprint density at radius 2 is 1.75 bits per heavy atom. The van der Waals surface area contributed by atoms with Crippen molar-refractivity contribution >= 4 is 28.9 Å². The molecule has 0 unspecified atom stereocenters. The van der Waals surface area contributed by atoms with Crippen LogP contribution < -0.4 is 15.6 Å². The highest BCUT2D eigenvalue weighted by Crippen LogP contribution is 2.13. The highest BCUT2D eigenvalue weighted by molar-refractivity contribution is 7.12. The van der Waals surface area contributed by atoms with Crippen LogP contribution in [0, 0.1) is 0 Å². The van der Waals surface area contributed by atoms with Gasteiger partial charge in [0.1, 0.15) is 5.75 Å². The Morgan fingerprint density at radius 1 is 0.964 bits per heavy atom. The van der Waals surface area contributed by atoms with Crippen molar-refractivity contribution in [1.29, 1.82) is 0 Å². The number of ether oxygens (including phenoxy) is 1. The van der Waals surface area contributed by atoms with Gasteiger partial charge in [0.2, 0.25) is 5.91 Å². The third kappa shape index (κ3) is 7.52. The highest BCUT2D eigenvalue weighted by atomic mass is 32.1. The fraction of sp³-hybridized carbons (Fsp3) is 0.381.